The van der Waals surface area contributed by atoms with E-state index in [2.05, 4.69) is 10.1 Å². The fourth-order valence-corrected chi connectivity index (χ4v) is 1.63. The standard InChI is InChI=1S/C12H11Cl2NO4/c1-2-19-12(18)11(17)15-6-10(16)8-5-7(13)3-4-9(8)14/h3-5H,2,6H2,1H3,(H,15,17). The van der Waals surface area contributed by atoms with Gasteiger partial charge in [-0.15, -0.1) is 0 Å². The Kier molecular flexibility index (Phi) is 5.79. The van der Waals surface area contributed by atoms with Gasteiger partial charge in [0.05, 0.1) is 18.2 Å². The van der Waals surface area contributed by atoms with Gasteiger partial charge in [-0.1, -0.05) is 23.2 Å². The first-order chi connectivity index (χ1) is 8.95. The Morgan fingerprint density at radius 3 is 2.58 bits per heavy atom. The quantitative estimate of drug-likeness (QED) is 0.523. The number of rotatable bonds is 4. The topological polar surface area (TPSA) is 72.5 Å². The molecule has 0 atom stereocenters. The second-order valence-corrected chi connectivity index (χ2v) is 4.29. The third-order valence-electron chi connectivity index (χ3n) is 2.10. The molecule has 0 unspecified atom stereocenters. The van der Waals surface area contributed by atoms with E-state index in [9.17, 15) is 14.4 Å². The van der Waals surface area contributed by atoms with Crippen molar-refractivity contribution in [1.82, 2.24) is 5.32 Å². The van der Waals surface area contributed by atoms with Crippen LogP contribution >= 0.6 is 23.2 Å². The summed E-state index contributed by atoms with van der Waals surface area (Å²) < 4.78 is 4.48. The number of amides is 1. The van der Waals surface area contributed by atoms with Crippen LogP contribution in [0.25, 0.3) is 0 Å². The van der Waals surface area contributed by atoms with Gasteiger partial charge in [0.1, 0.15) is 0 Å². The van der Waals surface area contributed by atoms with Crippen LogP contribution in [0.3, 0.4) is 0 Å². The van der Waals surface area contributed by atoms with Gasteiger partial charge in [0.2, 0.25) is 0 Å². The summed E-state index contributed by atoms with van der Waals surface area (Å²) in [5.41, 5.74) is 0.179. The largest absolute Gasteiger partial charge is 0.459 e. The van der Waals surface area contributed by atoms with E-state index in [-0.39, 0.29) is 23.7 Å². The molecule has 0 aliphatic carbocycles. The van der Waals surface area contributed by atoms with E-state index >= 15 is 0 Å². The summed E-state index contributed by atoms with van der Waals surface area (Å²) >= 11 is 11.6. The maximum atomic E-state index is 11.8. The Hall–Kier alpha value is -1.59. The molecule has 102 valence electrons. The smallest absolute Gasteiger partial charge is 0.396 e. The van der Waals surface area contributed by atoms with E-state index in [1.165, 1.54) is 18.2 Å². The van der Waals surface area contributed by atoms with Gasteiger partial charge in [0.15, 0.2) is 5.78 Å². The van der Waals surface area contributed by atoms with Gasteiger partial charge < -0.3 is 10.1 Å². The Balaban J connectivity index is 2.63. The van der Waals surface area contributed by atoms with Gasteiger partial charge in [0.25, 0.3) is 0 Å². The molecule has 1 N–H and O–H groups in total. The zero-order valence-electron chi connectivity index (χ0n) is 10.0. The molecule has 1 amide bonds. The van der Waals surface area contributed by atoms with Crippen molar-refractivity contribution >= 4 is 40.9 Å². The van der Waals surface area contributed by atoms with Gasteiger partial charge >= 0.3 is 11.9 Å². The van der Waals surface area contributed by atoms with Gasteiger partial charge in [-0.05, 0) is 25.1 Å². The third kappa shape index (κ3) is 4.54. The van der Waals surface area contributed by atoms with Crippen LogP contribution in [-0.4, -0.2) is 30.8 Å². The van der Waals surface area contributed by atoms with E-state index in [4.69, 9.17) is 23.2 Å². The minimum Gasteiger partial charge on any atom is -0.459 e. The molecule has 0 radical (unpaired) electrons. The molecule has 0 aliphatic rings. The van der Waals surface area contributed by atoms with Crippen molar-refractivity contribution in [3.05, 3.63) is 33.8 Å². The van der Waals surface area contributed by atoms with E-state index in [1.54, 1.807) is 6.92 Å². The molecule has 5 nitrogen and oxygen atoms in total. The fourth-order valence-electron chi connectivity index (χ4n) is 1.24. The molecule has 0 saturated heterocycles. The maximum absolute atomic E-state index is 11.8. The molecule has 0 saturated carbocycles. The number of ether oxygens (including phenoxy) is 1. The number of hydrogen-bond acceptors (Lipinski definition) is 4. The molecule has 0 fully saturated rings. The Morgan fingerprint density at radius 2 is 1.95 bits per heavy atom. The zero-order chi connectivity index (χ0) is 14.4. The monoisotopic (exact) mass is 303 g/mol. The lowest BCUT2D eigenvalue weighted by Gasteiger charge is -2.06. The number of carbonyl (C=O) groups is 3. The summed E-state index contributed by atoms with van der Waals surface area (Å²) in [4.78, 5) is 34.0. The minimum atomic E-state index is -1.03. The van der Waals surface area contributed by atoms with E-state index in [0.29, 0.717) is 5.02 Å². The maximum Gasteiger partial charge on any atom is 0.396 e. The molecule has 0 spiro atoms. The number of benzene rings is 1. The molecule has 0 aliphatic heterocycles. The van der Waals surface area contributed by atoms with Gasteiger partial charge in [-0.3, -0.25) is 9.59 Å². The van der Waals surface area contributed by atoms with Crippen molar-refractivity contribution in [2.24, 2.45) is 0 Å². The second-order valence-electron chi connectivity index (χ2n) is 3.45. The third-order valence-corrected chi connectivity index (χ3v) is 2.66. The van der Waals surface area contributed by atoms with Crippen molar-refractivity contribution in [1.29, 1.82) is 0 Å². The van der Waals surface area contributed by atoms with Crippen LogP contribution in [0.5, 0.6) is 0 Å². The van der Waals surface area contributed by atoms with Crippen LogP contribution in [0.15, 0.2) is 18.2 Å². The number of ketones is 1. The number of carbonyl (C=O) groups excluding carboxylic acids is 3. The van der Waals surface area contributed by atoms with Crippen molar-refractivity contribution in [2.45, 2.75) is 6.92 Å². The average Bonchev–Trinajstić information content (AvgIpc) is 2.38. The summed E-state index contributed by atoms with van der Waals surface area (Å²) in [6.45, 7) is 1.29. The Morgan fingerprint density at radius 1 is 1.26 bits per heavy atom. The van der Waals surface area contributed by atoms with Crippen LogP contribution in [-0.2, 0) is 14.3 Å². The van der Waals surface area contributed by atoms with Crippen LogP contribution in [0.1, 0.15) is 17.3 Å². The molecule has 0 bridgehead atoms. The summed E-state index contributed by atoms with van der Waals surface area (Å²) in [6, 6.07) is 4.41. The van der Waals surface area contributed by atoms with Crippen LogP contribution < -0.4 is 5.32 Å². The molecule has 1 aromatic carbocycles. The molecule has 19 heavy (non-hydrogen) atoms. The molecular weight excluding hydrogens is 293 g/mol. The normalized spacial score (nSPS) is 9.84. The fraction of sp³-hybridized carbons (Fsp3) is 0.250. The summed E-state index contributed by atoms with van der Waals surface area (Å²) in [5.74, 6) is -2.47. The number of hydrogen-bond donors (Lipinski definition) is 1. The van der Waals surface area contributed by atoms with Gasteiger partial charge in [0, 0.05) is 10.6 Å². The predicted octanol–water partition coefficient (Wildman–Crippen LogP) is 1.86. The zero-order valence-corrected chi connectivity index (χ0v) is 11.5. The van der Waals surface area contributed by atoms with E-state index in [1.807, 2.05) is 0 Å². The molecule has 1 rings (SSSR count). The van der Waals surface area contributed by atoms with Gasteiger partial charge in [-0.25, -0.2) is 4.79 Å². The summed E-state index contributed by atoms with van der Waals surface area (Å²) in [5, 5.41) is 2.72. The highest BCUT2D eigenvalue weighted by atomic mass is 35.5. The lowest BCUT2D eigenvalue weighted by atomic mass is 10.1. The molecule has 7 heteroatoms. The Bertz CT molecular complexity index is 516. The molecule has 0 heterocycles. The average molecular weight is 304 g/mol. The molecule has 0 aromatic heterocycles. The highest BCUT2D eigenvalue weighted by Gasteiger charge is 2.17. The number of Topliss-reactive ketones (excluding diaryl/α,β-unsaturated/α-hetero) is 1. The van der Waals surface area contributed by atoms with Crippen molar-refractivity contribution in [3.8, 4) is 0 Å². The van der Waals surface area contributed by atoms with Crippen molar-refractivity contribution < 1.29 is 19.1 Å². The minimum absolute atomic E-state index is 0.0837. The van der Waals surface area contributed by atoms with Crippen LogP contribution in [0.2, 0.25) is 10.0 Å². The highest BCUT2D eigenvalue weighted by Crippen LogP contribution is 2.20. The Labute approximate surface area is 119 Å². The van der Waals surface area contributed by atoms with Gasteiger partial charge in [-0.2, -0.15) is 0 Å². The SMILES string of the molecule is CCOC(=O)C(=O)NCC(=O)c1cc(Cl)ccc1Cl. The number of halogens is 2. The van der Waals surface area contributed by atoms with Crippen LogP contribution in [0, 0.1) is 0 Å². The first-order valence-corrected chi connectivity index (χ1v) is 6.14. The second kappa shape index (κ2) is 7.11. The number of esters is 1. The first-order valence-electron chi connectivity index (χ1n) is 5.39. The van der Waals surface area contributed by atoms with E-state index < -0.39 is 17.7 Å². The first kappa shape index (κ1) is 15.5. The predicted molar refractivity (Wildman–Crippen MR) is 70.4 cm³/mol. The van der Waals surface area contributed by atoms with Crippen molar-refractivity contribution in [2.75, 3.05) is 13.2 Å². The highest BCUT2D eigenvalue weighted by molar-refractivity contribution is 6.36. The number of nitrogens with one attached hydrogen (secondary N) is 1. The molecule has 1 aromatic rings. The van der Waals surface area contributed by atoms with E-state index in [0.717, 1.165) is 0 Å². The van der Waals surface area contributed by atoms with Crippen LogP contribution in [0.4, 0.5) is 0 Å². The summed E-state index contributed by atoms with van der Waals surface area (Å²) in [7, 11) is 0. The summed E-state index contributed by atoms with van der Waals surface area (Å²) in [6.07, 6.45) is 0. The lowest BCUT2D eigenvalue weighted by molar-refractivity contribution is -0.154. The molecular formula is C12H11Cl2NO4. The lowest BCUT2D eigenvalue weighted by Crippen LogP contribution is -2.36. The van der Waals surface area contributed by atoms with Crippen molar-refractivity contribution in [3.63, 3.8) is 0 Å².